The second-order valence-electron chi connectivity index (χ2n) is 13.2. The van der Waals surface area contributed by atoms with Crippen LogP contribution < -0.4 is 10.7 Å². The van der Waals surface area contributed by atoms with Gasteiger partial charge in [-0.1, -0.05) is 58.0 Å². The molecule has 0 bridgehead atoms. The summed E-state index contributed by atoms with van der Waals surface area (Å²) in [6.45, 7) is 9.45. The minimum Gasteiger partial charge on any atom is -0.462 e. The van der Waals surface area contributed by atoms with Gasteiger partial charge in [0.15, 0.2) is 12.3 Å². The minimum absolute atomic E-state index is 0.249. The van der Waals surface area contributed by atoms with Crippen molar-refractivity contribution in [1.82, 2.24) is 20.7 Å². The number of fused-ring (bicyclic) bond motifs is 1. The molecule has 12 nitrogen and oxygen atoms in total. The second kappa shape index (κ2) is 16.8. The number of nitrogens with zero attached hydrogens (tertiary/aromatic N) is 3. The van der Waals surface area contributed by atoms with E-state index in [2.05, 4.69) is 22.8 Å². The van der Waals surface area contributed by atoms with Gasteiger partial charge in [0, 0.05) is 24.0 Å². The zero-order chi connectivity index (χ0) is 34.8. The van der Waals surface area contributed by atoms with Crippen molar-refractivity contribution in [2.45, 2.75) is 117 Å². The van der Waals surface area contributed by atoms with Gasteiger partial charge in [-0.15, -0.1) is 4.91 Å². The van der Waals surface area contributed by atoms with Crippen molar-refractivity contribution in [2.75, 3.05) is 6.54 Å². The smallest absolute Gasteiger partial charge is 0.316 e. The molecule has 1 saturated carbocycles. The number of carbonyl (C=O) groups excluding carboxylic acids is 4. The van der Waals surface area contributed by atoms with Gasteiger partial charge >= 0.3 is 11.9 Å². The molecule has 0 spiro atoms. The number of carbonyl (C=O) groups is 4. The predicted octanol–water partition coefficient (Wildman–Crippen LogP) is 5.37. The summed E-state index contributed by atoms with van der Waals surface area (Å²) in [6.07, 6.45) is 6.23. The zero-order valence-corrected chi connectivity index (χ0v) is 28.7. The van der Waals surface area contributed by atoms with E-state index in [9.17, 15) is 24.1 Å². The molecule has 4 rings (SSSR count). The summed E-state index contributed by atoms with van der Waals surface area (Å²) in [5.74, 6) is -2.19. The molecule has 2 aromatic rings. The number of rotatable bonds is 13. The Labute approximate surface area is 282 Å². The first kappa shape index (κ1) is 36.6. The molecule has 1 saturated heterocycles. The van der Waals surface area contributed by atoms with Crippen LogP contribution in [0.3, 0.4) is 0 Å². The Kier molecular flexibility index (Phi) is 12.8. The predicted molar refractivity (Wildman–Crippen MR) is 182 cm³/mol. The first-order chi connectivity index (χ1) is 23.0. The normalized spacial score (nSPS) is 22.7. The van der Waals surface area contributed by atoms with Crippen molar-refractivity contribution in [2.24, 2.45) is 16.5 Å². The molecule has 2 aliphatic rings. The van der Waals surface area contributed by atoms with E-state index in [0.717, 1.165) is 28.6 Å². The van der Waals surface area contributed by atoms with E-state index in [1.807, 2.05) is 49.4 Å². The molecule has 260 valence electrons. The number of amides is 2. The van der Waals surface area contributed by atoms with E-state index in [0.29, 0.717) is 57.9 Å². The molecule has 48 heavy (non-hydrogen) atoms. The fourth-order valence-corrected chi connectivity index (χ4v) is 6.16. The molecule has 3 unspecified atom stereocenters. The molecule has 2 fully saturated rings. The monoisotopic (exact) mass is 663 g/mol. The summed E-state index contributed by atoms with van der Waals surface area (Å²) in [7, 11) is 0. The summed E-state index contributed by atoms with van der Waals surface area (Å²) in [5, 5.41) is 8.00. The van der Waals surface area contributed by atoms with Crippen LogP contribution in [0.5, 0.6) is 0 Å². The number of hydrazine groups is 1. The molecule has 1 aromatic heterocycles. The quantitative estimate of drug-likeness (QED) is 0.212. The van der Waals surface area contributed by atoms with E-state index in [-0.39, 0.29) is 18.0 Å². The minimum atomic E-state index is -1.16. The van der Waals surface area contributed by atoms with Gasteiger partial charge < -0.3 is 14.8 Å². The highest BCUT2D eigenvalue weighted by Crippen LogP contribution is 2.41. The molecule has 2 heterocycles. The number of aromatic nitrogens is 1. The lowest BCUT2D eigenvalue weighted by molar-refractivity contribution is -0.170. The molecular weight excluding hydrogens is 614 g/mol. The standard InChI is InChI=1S/C36H49N5O7/c1-6-9-31(42)47-28-16-19-36(20-17-28,18-15-25-11-12-26-13-14-27(7-2)38-29(26)22-25)35(45)48-32(23(3)4)33(43)37-24(5)34(44)41-21-8-10-30(39-41)40-46/h11-15,18,22-24,28,30,32,39H,6-10,16-17,19-21H2,1-5H3,(H,37,43)/b18-15+. The highest BCUT2D eigenvalue weighted by molar-refractivity contribution is 5.91. The maximum Gasteiger partial charge on any atom is 0.316 e. The van der Waals surface area contributed by atoms with E-state index in [4.69, 9.17) is 14.5 Å². The summed E-state index contributed by atoms with van der Waals surface area (Å²) >= 11 is 0. The zero-order valence-electron chi connectivity index (χ0n) is 28.7. The summed E-state index contributed by atoms with van der Waals surface area (Å²) in [6, 6.07) is 9.06. The van der Waals surface area contributed by atoms with Gasteiger partial charge in [-0.2, -0.15) is 0 Å². The number of esters is 2. The van der Waals surface area contributed by atoms with E-state index >= 15 is 0 Å². The van der Waals surface area contributed by atoms with Gasteiger partial charge in [0.25, 0.3) is 11.8 Å². The van der Waals surface area contributed by atoms with Crippen molar-refractivity contribution in [3.05, 3.63) is 52.6 Å². The first-order valence-corrected chi connectivity index (χ1v) is 17.2. The van der Waals surface area contributed by atoms with Crippen LogP contribution in [-0.4, -0.2) is 64.7 Å². The van der Waals surface area contributed by atoms with Crippen LogP contribution in [-0.2, 0) is 35.1 Å². The second-order valence-corrected chi connectivity index (χ2v) is 13.2. The molecule has 2 N–H and O–H groups in total. The SMILES string of the molecule is CCCC(=O)OC1CCC(/C=C/c2ccc3ccc(CC)nc3c2)(C(=O)OC(C(=O)NC(C)C(=O)N2CCCC(N=O)N2)C(C)C)CC1. The Bertz CT molecular complexity index is 1500. The first-order valence-electron chi connectivity index (χ1n) is 17.2. The molecule has 1 aliphatic heterocycles. The van der Waals surface area contributed by atoms with Crippen LogP contribution in [0.15, 0.2) is 41.6 Å². The molecule has 0 radical (unpaired) electrons. The number of nitroso groups, excluding NO2 is 1. The lowest BCUT2D eigenvalue weighted by Crippen LogP contribution is -2.58. The van der Waals surface area contributed by atoms with Gasteiger partial charge in [0.05, 0.1) is 10.9 Å². The van der Waals surface area contributed by atoms with Crippen molar-refractivity contribution in [3.63, 3.8) is 0 Å². The van der Waals surface area contributed by atoms with Crippen LogP contribution in [0, 0.1) is 16.2 Å². The Morgan fingerprint density at radius 2 is 1.83 bits per heavy atom. The number of ether oxygens (including phenoxy) is 2. The van der Waals surface area contributed by atoms with E-state index in [1.165, 1.54) is 5.01 Å². The summed E-state index contributed by atoms with van der Waals surface area (Å²) in [4.78, 5) is 68.6. The average Bonchev–Trinajstić information content (AvgIpc) is 3.09. The largest absolute Gasteiger partial charge is 0.462 e. The van der Waals surface area contributed by atoms with Crippen molar-refractivity contribution in [3.8, 4) is 0 Å². The maximum absolute atomic E-state index is 14.1. The highest BCUT2D eigenvalue weighted by atomic mass is 16.6. The Morgan fingerprint density at radius 1 is 1.10 bits per heavy atom. The number of benzene rings is 1. The fourth-order valence-electron chi connectivity index (χ4n) is 6.16. The number of aryl methyl sites for hydroxylation is 1. The Morgan fingerprint density at radius 3 is 2.50 bits per heavy atom. The molecular formula is C36H49N5O7. The molecule has 12 heteroatoms. The summed E-state index contributed by atoms with van der Waals surface area (Å²) in [5.41, 5.74) is 4.43. The Hall–Kier alpha value is -4.19. The topological polar surface area (TPSA) is 156 Å². The molecule has 3 atom stereocenters. The number of nitrogens with one attached hydrogen (secondary N) is 2. The third-order valence-electron chi connectivity index (χ3n) is 9.10. The third kappa shape index (κ3) is 9.24. The average molecular weight is 664 g/mol. The Balaban J connectivity index is 1.53. The lowest BCUT2D eigenvalue weighted by atomic mass is 9.72. The van der Waals surface area contributed by atoms with Gasteiger partial charge in [-0.3, -0.25) is 29.2 Å². The number of pyridine rings is 1. The highest BCUT2D eigenvalue weighted by Gasteiger charge is 2.44. The molecule has 1 aliphatic carbocycles. The van der Waals surface area contributed by atoms with Crippen LogP contribution in [0.25, 0.3) is 17.0 Å². The van der Waals surface area contributed by atoms with Gasteiger partial charge in [0.1, 0.15) is 12.1 Å². The van der Waals surface area contributed by atoms with Crippen LogP contribution >= 0.6 is 0 Å². The van der Waals surface area contributed by atoms with E-state index in [1.54, 1.807) is 20.8 Å². The van der Waals surface area contributed by atoms with Gasteiger partial charge in [-0.25, -0.2) is 5.43 Å². The van der Waals surface area contributed by atoms with Crippen molar-refractivity contribution < 1.29 is 28.7 Å². The van der Waals surface area contributed by atoms with Crippen LogP contribution in [0.1, 0.15) is 97.2 Å². The lowest BCUT2D eigenvalue weighted by Gasteiger charge is -2.37. The fraction of sp³-hybridized carbons (Fsp3) is 0.583. The summed E-state index contributed by atoms with van der Waals surface area (Å²) < 4.78 is 11.7. The number of hydrogen-bond acceptors (Lipinski definition) is 10. The maximum atomic E-state index is 14.1. The molecule has 1 aromatic carbocycles. The van der Waals surface area contributed by atoms with Crippen LogP contribution in [0.2, 0.25) is 0 Å². The number of hydrogen-bond donors (Lipinski definition) is 2. The third-order valence-corrected chi connectivity index (χ3v) is 9.10. The van der Waals surface area contributed by atoms with Gasteiger partial charge in [-0.05, 0) is 87.1 Å². The van der Waals surface area contributed by atoms with Crippen molar-refractivity contribution in [1.29, 1.82) is 0 Å². The van der Waals surface area contributed by atoms with Gasteiger partial charge in [0.2, 0.25) is 0 Å². The van der Waals surface area contributed by atoms with E-state index < -0.39 is 41.5 Å². The van der Waals surface area contributed by atoms with Crippen molar-refractivity contribution >= 4 is 40.7 Å². The molecule has 2 amide bonds. The van der Waals surface area contributed by atoms with Crippen LogP contribution in [0.4, 0.5) is 0 Å².